The number of nitrogens with zero attached hydrogens (tertiary/aromatic N) is 1. The lowest BCUT2D eigenvalue weighted by Crippen LogP contribution is -2.20. The molecule has 2 nitrogen and oxygen atoms in total. The molecule has 15 heavy (non-hydrogen) atoms. The molecule has 1 aromatic heterocycles. The fourth-order valence-corrected chi connectivity index (χ4v) is 1.99. The molecule has 0 amide bonds. The molecule has 1 unspecified atom stereocenters. The largest absolute Gasteiger partial charge is 0.309 e. The van der Waals surface area contributed by atoms with Crippen LogP contribution >= 0.6 is 11.8 Å². The van der Waals surface area contributed by atoms with E-state index >= 15 is 0 Å². The van der Waals surface area contributed by atoms with Crippen LogP contribution in [0.1, 0.15) is 38.9 Å². The van der Waals surface area contributed by atoms with Crippen molar-refractivity contribution < 1.29 is 0 Å². The van der Waals surface area contributed by atoms with E-state index in [0.717, 1.165) is 24.4 Å². The van der Waals surface area contributed by atoms with Crippen LogP contribution in [0.25, 0.3) is 0 Å². The summed E-state index contributed by atoms with van der Waals surface area (Å²) >= 11 is 1.83. The number of nitrogens with one attached hydrogen (secondary N) is 1. The molecule has 0 bridgehead atoms. The summed E-state index contributed by atoms with van der Waals surface area (Å²) in [5.41, 5.74) is 1.13. The van der Waals surface area contributed by atoms with Gasteiger partial charge in [0.25, 0.3) is 0 Å². The highest BCUT2D eigenvalue weighted by Crippen LogP contribution is 2.18. The van der Waals surface area contributed by atoms with E-state index in [1.807, 2.05) is 18.0 Å². The molecule has 0 aliphatic heterocycles. The van der Waals surface area contributed by atoms with E-state index in [1.54, 1.807) is 0 Å². The predicted octanol–water partition coefficient (Wildman–Crippen LogP) is 3.25. The molecule has 1 heterocycles. The van der Waals surface area contributed by atoms with E-state index in [-0.39, 0.29) is 0 Å². The highest BCUT2D eigenvalue weighted by atomic mass is 32.2. The Bertz CT molecular complexity index is 271. The van der Waals surface area contributed by atoms with Gasteiger partial charge < -0.3 is 5.32 Å². The Kier molecular flexibility index (Phi) is 5.73. The second-order valence-corrected chi connectivity index (χ2v) is 4.87. The first-order chi connectivity index (χ1) is 7.27. The van der Waals surface area contributed by atoms with Gasteiger partial charge in [-0.3, -0.25) is 4.98 Å². The predicted molar refractivity (Wildman–Crippen MR) is 67.3 cm³/mol. The Morgan fingerprint density at radius 2 is 2.20 bits per heavy atom. The Hall–Kier alpha value is -0.540. The van der Waals surface area contributed by atoms with Crippen molar-refractivity contribution in [2.75, 3.05) is 12.3 Å². The summed E-state index contributed by atoms with van der Waals surface area (Å²) in [6.07, 6.45) is 3.13. The summed E-state index contributed by atoms with van der Waals surface area (Å²) < 4.78 is 0. The summed E-state index contributed by atoms with van der Waals surface area (Å²) in [6.45, 7) is 7.54. The molecule has 0 fully saturated rings. The first kappa shape index (κ1) is 12.5. The van der Waals surface area contributed by atoms with Crippen LogP contribution in [0.15, 0.2) is 23.2 Å². The van der Waals surface area contributed by atoms with Crippen molar-refractivity contribution >= 4 is 11.8 Å². The second kappa shape index (κ2) is 6.85. The van der Waals surface area contributed by atoms with E-state index in [4.69, 9.17) is 0 Å². The average molecular weight is 224 g/mol. The van der Waals surface area contributed by atoms with Crippen molar-refractivity contribution in [1.82, 2.24) is 10.3 Å². The molecule has 0 saturated heterocycles. The highest BCUT2D eigenvalue weighted by molar-refractivity contribution is 7.99. The highest BCUT2D eigenvalue weighted by Gasteiger charge is 2.04. The standard InChI is InChI=1S/C12H20N2S/c1-4-8-13-10(3)12-7-6-11(9-14-12)15-5-2/h6-7,9-10,13H,4-5,8H2,1-3H3. The van der Waals surface area contributed by atoms with Crippen LogP contribution in [0.5, 0.6) is 0 Å². The molecule has 1 rings (SSSR count). The van der Waals surface area contributed by atoms with E-state index in [2.05, 4.69) is 43.2 Å². The molecular formula is C12H20N2S. The molecule has 0 aliphatic rings. The molecule has 1 atom stereocenters. The normalized spacial score (nSPS) is 12.7. The van der Waals surface area contributed by atoms with Gasteiger partial charge in [-0.15, -0.1) is 11.8 Å². The van der Waals surface area contributed by atoms with Gasteiger partial charge in [-0.05, 0) is 37.8 Å². The third-order valence-electron chi connectivity index (χ3n) is 2.21. The third kappa shape index (κ3) is 4.22. The van der Waals surface area contributed by atoms with Gasteiger partial charge in [0.15, 0.2) is 0 Å². The molecular weight excluding hydrogens is 204 g/mol. The second-order valence-electron chi connectivity index (χ2n) is 3.53. The lowest BCUT2D eigenvalue weighted by Gasteiger charge is -2.12. The maximum absolute atomic E-state index is 4.47. The summed E-state index contributed by atoms with van der Waals surface area (Å²) in [6, 6.07) is 4.62. The van der Waals surface area contributed by atoms with Crippen molar-refractivity contribution in [3.8, 4) is 0 Å². The van der Waals surface area contributed by atoms with Crippen LogP contribution in [-0.4, -0.2) is 17.3 Å². The Morgan fingerprint density at radius 1 is 1.40 bits per heavy atom. The third-order valence-corrected chi connectivity index (χ3v) is 3.08. The van der Waals surface area contributed by atoms with E-state index < -0.39 is 0 Å². The summed E-state index contributed by atoms with van der Waals surface area (Å²) in [7, 11) is 0. The zero-order valence-corrected chi connectivity index (χ0v) is 10.6. The molecule has 1 N–H and O–H groups in total. The van der Waals surface area contributed by atoms with E-state index in [0.29, 0.717) is 6.04 Å². The summed E-state index contributed by atoms with van der Waals surface area (Å²) in [4.78, 5) is 5.72. The number of rotatable bonds is 6. The average Bonchev–Trinajstić information content (AvgIpc) is 2.27. The zero-order chi connectivity index (χ0) is 11.1. The van der Waals surface area contributed by atoms with Crippen LogP contribution in [0.2, 0.25) is 0 Å². The van der Waals surface area contributed by atoms with Gasteiger partial charge >= 0.3 is 0 Å². The maximum atomic E-state index is 4.47. The van der Waals surface area contributed by atoms with Crippen molar-refractivity contribution in [2.24, 2.45) is 0 Å². The Balaban J connectivity index is 2.54. The van der Waals surface area contributed by atoms with E-state index in [1.165, 1.54) is 4.90 Å². The van der Waals surface area contributed by atoms with E-state index in [9.17, 15) is 0 Å². The molecule has 0 spiro atoms. The smallest absolute Gasteiger partial charge is 0.0571 e. The zero-order valence-electron chi connectivity index (χ0n) is 9.79. The van der Waals surface area contributed by atoms with Gasteiger partial charge in [-0.1, -0.05) is 13.8 Å². The van der Waals surface area contributed by atoms with Crippen LogP contribution in [0.4, 0.5) is 0 Å². The fraction of sp³-hybridized carbons (Fsp3) is 0.583. The molecule has 1 aromatic rings. The van der Waals surface area contributed by atoms with Crippen LogP contribution < -0.4 is 5.32 Å². The van der Waals surface area contributed by atoms with Crippen molar-refractivity contribution in [3.05, 3.63) is 24.0 Å². The van der Waals surface area contributed by atoms with Crippen molar-refractivity contribution in [3.63, 3.8) is 0 Å². The van der Waals surface area contributed by atoms with Crippen molar-refractivity contribution in [1.29, 1.82) is 0 Å². The summed E-state index contributed by atoms with van der Waals surface area (Å²) in [5.74, 6) is 1.10. The lowest BCUT2D eigenvalue weighted by molar-refractivity contribution is 0.558. The first-order valence-corrected chi connectivity index (χ1v) is 6.58. The van der Waals surface area contributed by atoms with Crippen molar-refractivity contribution in [2.45, 2.75) is 38.1 Å². The van der Waals surface area contributed by atoms with Gasteiger partial charge in [0, 0.05) is 17.1 Å². The van der Waals surface area contributed by atoms with Crippen LogP contribution in [-0.2, 0) is 0 Å². The molecule has 0 saturated carbocycles. The van der Waals surface area contributed by atoms with Gasteiger partial charge in [-0.25, -0.2) is 0 Å². The van der Waals surface area contributed by atoms with Gasteiger partial charge in [-0.2, -0.15) is 0 Å². The molecule has 0 aliphatic carbocycles. The minimum absolute atomic E-state index is 0.352. The van der Waals surface area contributed by atoms with Gasteiger partial charge in [0.05, 0.1) is 5.69 Å². The Labute approximate surface area is 96.9 Å². The number of hydrogen-bond donors (Lipinski definition) is 1. The van der Waals surface area contributed by atoms with Crippen LogP contribution in [0, 0.1) is 0 Å². The summed E-state index contributed by atoms with van der Waals surface area (Å²) in [5, 5.41) is 3.43. The topological polar surface area (TPSA) is 24.9 Å². The van der Waals surface area contributed by atoms with Gasteiger partial charge in [0.1, 0.15) is 0 Å². The minimum atomic E-state index is 0.352. The minimum Gasteiger partial charge on any atom is -0.309 e. The quantitative estimate of drug-likeness (QED) is 0.751. The number of pyridine rings is 1. The Morgan fingerprint density at radius 3 is 2.73 bits per heavy atom. The first-order valence-electron chi connectivity index (χ1n) is 5.60. The molecule has 84 valence electrons. The molecule has 0 aromatic carbocycles. The maximum Gasteiger partial charge on any atom is 0.0571 e. The number of thioether (sulfide) groups is 1. The SMILES string of the molecule is CCCNC(C)c1ccc(SCC)cn1. The molecule has 0 radical (unpaired) electrons. The van der Waals surface area contributed by atoms with Crippen LogP contribution in [0.3, 0.4) is 0 Å². The molecule has 3 heteroatoms. The number of hydrogen-bond acceptors (Lipinski definition) is 3. The lowest BCUT2D eigenvalue weighted by atomic mass is 10.2. The fourth-order valence-electron chi connectivity index (χ4n) is 1.37. The van der Waals surface area contributed by atoms with Gasteiger partial charge in [0.2, 0.25) is 0 Å². The number of aromatic nitrogens is 1. The monoisotopic (exact) mass is 224 g/mol.